The average Bonchev–Trinajstić information content (AvgIpc) is 2.97. The third-order valence-corrected chi connectivity index (χ3v) is 4.73. The van der Waals surface area contributed by atoms with Crippen LogP contribution >= 0.6 is 0 Å². The highest BCUT2D eigenvalue weighted by Gasteiger charge is 2.22. The summed E-state index contributed by atoms with van der Waals surface area (Å²) >= 11 is 0. The summed E-state index contributed by atoms with van der Waals surface area (Å²) in [5, 5.41) is 21.0. The Morgan fingerprint density at radius 1 is 1.31 bits per heavy atom. The van der Waals surface area contributed by atoms with Gasteiger partial charge in [0.25, 0.3) is 5.69 Å². The molecule has 0 saturated carbocycles. The van der Waals surface area contributed by atoms with Crippen LogP contribution in [-0.4, -0.2) is 53.7 Å². The summed E-state index contributed by atoms with van der Waals surface area (Å²) in [5.41, 5.74) is 0.794. The van der Waals surface area contributed by atoms with Gasteiger partial charge in [-0.25, -0.2) is 9.78 Å². The number of anilines is 1. The fourth-order valence-corrected chi connectivity index (χ4v) is 3.23. The molecular weight excluding hydrogens is 374 g/mol. The van der Waals surface area contributed by atoms with Crippen molar-refractivity contribution < 1.29 is 14.5 Å². The summed E-state index contributed by atoms with van der Waals surface area (Å²) in [6, 6.07) is 8.08. The van der Waals surface area contributed by atoms with E-state index in [1.54, 1.807) is 17.0 Å². The molecule has 0 radical (unpaired) electrons. The fourth-order valence-electron chi connectivity index (χ4n) is 3.23. The van der Waals surface area contributed by atoms with Crippen molar-refractivity contribution in [2.45, 2.75) is 20.3 Å². The van der Waals surface area contributed by atoms with Gasteiger partial charge in [0, 0.05) is 43.7 Å². The number of non-ortho nitro benzene ring substituents is 1. The molecule has 0 atom stereocenters. The highest BCUT2D eigenvalue weighted by Crippen LogP contribution is 2.27. The van der Waals surface area contributed by atoms with Crippen LogP contribution < -0.4 is 4.90 Å². The van der Waals surface area contributed by atoms with Crippen molar-refractivity contribution in [1.29, 1.82) is 5.26 Å². The number of nitrogens with zero attached hydrogens (tertiary/aromatic N) is 5. The number of hydrogen-bond acceptors (Lipinski definition) is 7. The van der Waals surface area contributed by atoms with Gasteiger partial charge >= 0.3 is 6.09 Å². The molecule has 0 unspecified atom stereocenters. The Morgan fingerprint density at radius 3 is 2.79 bits per heavy atom. The second-order valence-electron chi connectivity index (χ2n) is 7.40. The number of ether oxygens (including phenoxy) is 1. The Hall–Kier alpha value is -3.41. The van der Waals surface area contributed by atoms with E-state index in [0.717, 1.165) is 6.42 Å². The monoisotopic (exact) mass is 397 g/mol. The normalized spacial score (nSPS) is 14.6. The largest absolute Gasteiger partial charge is 0.449 e. The van der Waals surface area contributed by atoms with E-state index >= 15 is 0 Å². The number of rotatable bonds is 4. The number of pyridine rings is 1. The van der Waals surface area contributed by atoms with Crippen molar-refractivity contribution in [2.75, 3.05) is 37.7 Å². The lowest BCUT2D eigenvalue weighted by Crippen LogP contribution is -2.36. The second kappa shape index (κ2) is 8.73. The number of aromatic nitrogens is 1. The van der Waals surface area contributed by atoms with Gasteiger partial charge in [-0.15, -0.1) is 0 Å². The summed E-state index contributed by atoms with van der Waals surface area (Å²) < 4.78 is 5.32. The second-order valence-corrected chi connectivity index (χ2v) is 7.40. The average molecular weight is 397 g/mol. The Bertz CT molecular complexity index is 969. The van der Waals surface area contributed by atoms with Crippen molar-refractivity contribution in [3.05, 3.63) is 39.9 Å². The molecule has 0 aliphatic carbocycles. The maximum atomic E-state index is 12.2. The molecule has 2 heterocycles. The minimum absolute atomic E-state index is 0.0751. The van der Waals surface area contributed by atoms with Crippen LogP contribution in [-0.2, 0) is 4.74 Å². The number of nitro benzene ring substituents is 1. The molecule has 2 aromatic rings. The lowest BCUT2D eigenvalue weighted by molar-refractivity contribution is -0.384. The number of hydrogen-bond donors (Lipinski definition) is 0. The molecular formula is C20H23N5O4. The van der Waals surface area contributed by atoms with Gasteiger partial charge in [0.2, 0.25) is 0 Å². The molecule has 29 heavy (non-hydrogen) atoms. The molecule has 1 aromatic carbocycles. The van der Waals surface area contributed by atoms with Gasteiger partial charge in [0.15, 0.2) is 0 Å². The van der Waals surface area contributed by atoms with Crippen LogP contribution in [0.25, 0.3) is 10.9 Å². The molecule has 1 fully saturated rings. The molecule has 1 aromatic heterocycles. The van der Waals surface area contributed by atoms with Crippen LogP contribution in [0.4, 0.5) is 16.3 Å². The van der Waals surface area contributed by atoms with E-state index in [-0.39, 0.29) is 17.7 Å². The SMILES string of the molecule is CC(C)COC(=O)N1CCCN(c2cc(C#N)c3cc([N+](=O)[O-])ccc3n2)CC1. The van der Waals surface area contributed by atoms with Crippen molar-refractivity contribution in [2.24, 2.45) is 5.92 Å². The first-order chi connectivity index (χ1) is 13.9. The smallest absolute Gasteiger partial charge is 0.409 e. The molecule has 9 nitrogen and oxygen atoms in total. The van der Waals surface area contributed by atoms with Crippen LogP contribution in [0.1, 0.15) is 25.8 Å². The molecule has 0 bridgehead atoms. The van der Waals surface area contributed by atoms with E-state index in [1.807, 2.05) is 18.7 Å². The zero-order chi connectivity index (χ0) is 21.0. The minimum Gasteiger partial charge on any atom is -0.449 e. The fraction of sp³-hybridized carbons (Fsp3) is 0.450. The minimum atomic E-state index is -0.490. The number of benzene rings is 1. The van der Waals surface area contributed by atoms with Crippen molar-refractivity contribution in [3.8, 4) is 6.07 Å². The predicted octanol–water partition coefficient (Wildman–Crippen LogP) is 3.32. The van der Waals surface area contributed by atoms with E-state index in [0.29, 0.717) is 55.1 Å². The van der Waals surface area contributed by atoms with Crippen molar-refractivity contribution in [1.82, 2.24) is 9.88 Å². The van der Waals surface area contributed by atoms with Gasteiger partial charge in [0.1, 0.15) is 5.82 Å². The number of nitriles is 1. The van der Waals surface area contributed by atoms with E-state index in [1.165, 1.54) is 12.1 Å². The Balaban J connectivity index is 1.80. The lowest BCUT2D eigenvalue weighted by Gasteiger charge is -2.23. The molecule has 1 aliphatic rings. The summed E-state index contributed by atoms with van der Waals surface area (Å²) in [6.45, 7) is 6.71. The number of carbonyl (C=O) groups is 1. The van der Waals surface area contributed by atoms with Gasteiger partial charge < -0.3 is 14.5 Å². The van der Waals surface area contributed by atoms with Gasteiger partial charge in [-0.1, -0.05) is 13.8 Å². The zero-order valence-electron chi connectivity index (χ0n) is 16.5. The van der Waals surface area contributed by atoms with E-state index in [4.69, 9.17) is 4.74 Å². The first-order valence-electron chi connectivity index (χ1n) is 9.55. The van der Waals surface area contributed by atoms with Crippen molar-refractivity contribution >= 4 is 28.5 Å². The maximum absolute atomic E-state index is 12.2. The number of carbonyl (C=O) groups excluding carboxylic acids is 1. The Labute approximate surface area is 168 Å². The van der Waals surface area contributed by atoms with Crippen LogP contribution in [0.15, 0.2) is 24.3 Å². The van der Waals surface area contributed by atoms with Gasteiger partial charge in [-0.05, 0) is 24.5 Å². The number of amides is 1. The number of nitro groups is 1. The first kappa shape index (κ1) is 20.3. The summed E-state index contributed by atoms with van der Waals surface area (Å²) in [4.78, 5) is 31.1. The van der Waals surface area contributed by atoms with Crippen LogP contribution in [0.2, 0.25) is 0 Å². The summed E-state index contributed by atoms with van der Waals surface area (Å²) in [7, 11) is 0. The Morgan fingerprint density at radius 2 is 2.10 bits per heavy atom. The zero-order valence-corrected chi connectivity index (χ0v) is 16.5. The van der Waals surface area contributed by atoms with Gasteiger partial charge in [0.05, 0.1) is 28.7 Å². The topological polar surface area (TPSA) is 113 Å². The standard InChI is InChI=1S/C20H23N5O4/c1-14(2)13-29-20(26)24-7-3-6-23(8-9-24)19-10-15(12-21)17-11-16(25(27)28)4-5-18(17)22-19/h4-5,10-11,14H,3,6-9,13H2,1-2H3. The Kier molecular flexibility index (Phi) is 6.12. The summed E-state index contributed by atoms with van der Waals surface area (Å²) in [5.74, 6) is 0.907. The van der Waals surface area contributed by atoms with E-state index in [9.17, 15) is 20.2 Å². The first-order valence-corrected chi connectivity index (χ1v) is 9.55. The molecule has 152 valence electrons. The molecule has 0 N–H and O–H groups in total. The summed E-state index contributed by atoms with van der Waals surface area (Å²) in [6.07, 6.45) is 0.440. The lowest BCUT2D eigenvalue weighted by atomic mass is 10.1. The van der Waals surface area contributed by atoms with Crippen molar-refractivity contribution in [3.63, 3.8) is 0 Å². The quantitative estimate of drug-likeness (QED) is 0.574. The van der Waals surface area contributed by atoms with E-state index < -0.39 is 4.92 Å². The number of fused-ring (bicyclic) bond motifs is 1. The van der Waals surface area contributed by atoms with Gasteiger partial charge in [-0.3, -0.25) is 10.1 Å². The van der Waals surface area contributed by atoms with Crippen LogP contribution in [0.5, 0.6) is 0 Å². The molecule has 9 heteroatoms. The third-order valence-electron chi connectivity index (χ3n) is 4.73. The predicted molar refractivity (Wildman–Crippen MR) is 108 cm³/mol. The van der Waals surface area contributed by atoms with Gasteiger partial charge in [-0.2, -0.15) is 5.26 Å². The molecule has 1 aliphatic heterocycles. The maximum Gasteiger partial charge on any atom is 0.409 e. The molecule has 3 rings (SSSR count). The van der Waals surface area contributed by atoms with Crippen LogP contribution in [0.3, 0.4) is 0 Å². The molecule has 1 saturated heterocycles. The highest BCUT2D eigenvalue weighted by atomic mass is 16.6. The highest BCUT2D eigenvalue weighted by molar-refractivity contribution is 5.88. The van der Waals surface area contributed by atoms with E-state index in [2.05, 4.69) is 11.1 Å². The molecule has 0 spiro atoms. The molecule has 1 amide bonds. The third kappa shape index (κ3) is 4.71. The van der Waals surface area contributed by atoms with Crippen LogP contribution in [0, 0.1) is 27.4 Å².